The first kappa shape index (κ1) is 16.4. The molecule has 0 bridgehead atoms. The minimum Gasteiger partial charge on any atom is -0.465 e. The Morgan fingerprint density at radius 1 is 1.32 bits per heavy atom. The molecule has 0 amide bonds. The summed E-state index contributed by atoms with van der Waals surface area (Å²) in [6.45, 7) is 12.9. The topological polar surface area (TPSA) is 41.6 Å². The Balaban J connectivity index is 2.60. The molecule has 112 valence electrons. The monoisotopic (exact) mass is 270 g/mol. The number of carbonyl (C=O) groups is 1. The average molecular weight is 270 g/mol. The van der Waals surface area contributed by atoms with Gasteiger partial charge in [-0.1, -0.05) is 20.8 Å². The summed E-state index contributed by atoms with van der Waals surface area (Å²) in [6, 6.07) is 0. The molecule has 19 heavy (non-hydrogen) atoms. The lowest BCUT2D eigenvalue weighted by atomic mass is 9.87. The molecule has 1 N–H and O–H groups in total. The summed E-state index contributed by atoms with van der Waals surface area (Å²) in [5.74, 6) is 0.617. The van der Waals surface area contributed by atoms with Gasteiger partial charge in [-0.15, -0.1) is 0 Å². The maximum Gasteiger partial charge on any atom is 0.326 e. The Kier molecular flexibility index (Phi) is 6.80. The zero-order valence-electron chi connectivity index (χ0n) is 13.0. The van der Waals surface area contributed by atoms with Crippen molar-refractivity contribution >= 4 is 5.97 Å². The van der Waals surface area contributed by atoms with E-state index in [1.165, 1.54) is 0 Å². The van der Waals surface area contributed by atoms with Gasteiger partial charge in [0.05, 0.1) is 6.61 Å². The largest absolute Gasteiger partial charge is 0.465 e. The van der Waals surface area contributed by atoms with Gasteiger partial charge in [0.1, 0.15) is 5.54 Å². The van der Waals surface area contributed by atoms with Crippen molar-refractivity contribution in [2.75, 3.05) is 32.8 Å². The van der Waals surface area contributed by atoms with E-state index in [2.05, 4.69) is 31.0 Å². The van der Waals surface area contributed by atoms with Crippen LogP contribution in [0.3, 0.4) is 0 Å². The van der Waals surface area contributed by atoms with Crippen LogP contribution in [0.5, 0.6) is 0 Å². The van der Waals surface area contributed by atoms with E-state index in [-0.39, 0.29) is 5.97 Å². The summed E-state index contributed by atoms with van der Waals surface area (Å²) in [7, 11) is 0. The number of nitrogens with one attached hydrogen (secondary N) is 1. The molecule has 0 atom stereocenters. The van der Waals surface area contributed by atoms with Crippen molar-refractivity contribution in [1.29, 1.82) is 0 Å². The third-order valence-electron chi connectivity index (χ3n) is 3.71. The second-order valence-electron chi connectivity index (χ2n) is 5.92. The molecule has 0 aromatic heterocycles. The fourth-order valence-electron chi connectivity index (χ4n) is 2.72. The standard InChI is InChI=1S/C15H30N2O2/c1-5-9-16-15(14(18)19-6-2)7-10-17(11-8-15)12-13(3)4/h13,16H,5-12H2,1-4H3. The van der Waals surface area contributed by atoms with Gasteiger partial charge in [-0.3, -0.25) is 4.79 Å². The van der Waals surface area contributed by atoms with Crippen molar-refractivity contribution in [2.24, 2.45) is 5.92 Å². The predicted molar refractivity (Wildman–Crippen MR) is 78.2 cm³/mol. The molecule has 1 fully saturated rings. The summed E-state index contributed by atoms with van der Waals surface area (Å²) in [4.78, 5) is 14.7. The summed E-state index contributed by atoms with van der Waals surface area (Å²) in [5.41, 5.74) is -0.445. The molecule has 1 aliphatic rings. The Bertz CT molecular complexity index is 271. The van der Waals surface area contributed by atoms with Crippen molar-refractivity contribution in [2.45, 2.75) is 52.5 Å². The average Bonchev–Trinajstić information content (AvgIpc) is 2.38. The Hall–Kier alpha value is -0.610. The van der Waals surface area contributed by atoms with Crippen LogP contribution in [0.2, 0.25) is 0 Å². The van der Waals surface area contributed by atoms with Crippen LogP contribution in [-0.2, 0) is 9.53 Å². The normalized spacial score (nSPS) is 19.6. The highest BCUT2D eigenvalue weighted by atomic mass is 16.5. The molecule has 0 aromatic rings. The van der Waals surface area contributed by atoms with Crippen molar-refractivity contribution < 1.29 is 9.53 Å². The molecule has 1 aliphatic heterocycles. The van der Waals surface area contributed by atoms with Crippen LogP contribution >= 0.6 is 0 Å². The number of piperidine rings is 1. The number of ether oxygens (including phenoxy) is 1. The van der Waals surface area contributed by atoms with Gasteiger partial charge in [0, 0.05) is 19.6 Å². The first-order chi connectivity index (χ1) is 9.04. The van der Waals surface area contributed by atoms with Crippen LogP contribution in [0, 0.1) is 5.92 Å². The number of nitrogens with zero attached hydrogens (tertiary/aromatic N) is 1. The zero-order valence-corrected chi connectivity index (χ0v) is 13.0. The number of hydrogen-bond acceptors (Lipinski definition) is 4. The lowest BCUT2D eigenvalue weighted by Gasteiger charge is -2.41. The molecular weight excluding hydrogens is 240 g/mol. The molecule has 0 radical (unpaired) electrons. The molecule has 1 rings (SSSR count). The van der Waals surface area contributed by atoms with Gasteiger partial charge in [0.15, 0.2) is 0 Å². The van der Waals surface area contributed by atoms with E-state index in [9.17, 15) is 4.79 Å². The van der Waals surface area contributed by atoms with Gasteiger partial charge in [0.25, 0.3) is 0 Å². The zero-order chi connectivity index (χ0) is 14.3. The summed E-state index contributed by atoms with van der Waals surface area (Å²) in [5, 5.41) is 3.44. The van der Waals surface area contributed by atoms with Crippen LogP contribution in [0.25, 0.3) is 0 Å². The quantitative estimate of drug-likeness (QED) is 0.719. The molecule has 0 spiro atoms. The van der Waals surface area contributed by atoms with Gasteiger partial charge in [-0.25, -0.2) is 0 Å². The van der Waals surface area contributed by atoms with Crippen LogP contribution in [-0.4, -0.2) is 49.2 Å². The molecule has 1 saturated heterocycles. The Morgan fingerprint density at radius 2 is 1.95 bits per heavy atom. The van der Waals surface area contributed by atoms with E-state index in [1.807, 2.05) is 6.92 Å². The molecule has 0 aromatic carbocycles. The molecule has 1 heterocycles. The lowest BCUT2D eigenvalue weighted by molar-refractivity contribution is -0.153. The number of esters is 1. The predicted octanol–water partition coefficient (Wildman–Crippen LogP) is 2.04. The highest BCUT2D eigenvalue weighted by Crippen LogP contribution is 2.24. The highest BCUT2D eigenvalue weighted by Gasteiger charge is 2.42. The van der Waals surface area contributed by atoms with E-state index in [0.717, 1.165) is 45.4 Å². The second kappa shape index (κ2) is 7.85. The van der Waals surface area contributed by atoms with Gasteiger partial charge >= 0.3 is 5.97 Å². The third-order valence-corrected chi connectivity index (χ3v) is 3.71. The fraction of sp³-hybridized carbons (Fsp3) is 0.933. The lowest BCUT2D eigenvalue weighted by Crippen LogP contribution is -2.59. The molecule has 4 heteroatoms. The number of hydrogen-bond donors (Lipinski definition) is 1. The summed E-state index contributed by atoms with van der Waals surface area (Å²) < 4.78 is 5.28. The Morgan fingerprint density at radius 3 is 2.42 bits per heavy atom. The van der Waals surface area contributed by atoms with Crippen molar-refractivity contribution in [3.8, 4) is 0 Å². The van der Waals surface area contributed by atoms with Crippen LogP contribution in [0.15, 0.2) is 0 Å². The summed E-state index contributed by atoms with van der Waals surface area (Å²) >= 11 is 0. The van der Waals surface area contributed by atoms with Crippen molar-refractivity contribution in [3.05, 3.63) is 0 Å². The highest BCUT2D eigenvalue weighted by molar-refractivity contribution is 5.81. The first-order valence-corrected chi connectivity index (χ1v) is 7.68. The Labute approximate surface area is 117 Å². The minimum absolute atomic E-state index is 0.0624. The molecular formula is C15H30N2O2. The molecule has 0 saturated carbocycles. The van der Waals surface area contributed by atoms with Crippen LogP contribution < -0.4 is 5.32 Å². The van der Waals surface area contributed by atoms with E-state index in [1.54, 1.807) is 0 Å². The van der Waals surface area contributed by atoms with Crippen molar-refractivity contribution in [1.82, 2.24) is 10.2 Å². The van der Waals surface area contributed by atoms with Gasteiger partial charge in [-0.2, -0.15) is 0 Å². The van der Waals surface area contributed by atoms with Crippen molar-refractivity contribution in [3.63, 3.8) is 0 Å². The molecule has 4 nitrogen and oxygen atoms in total. The number of carbonyl (C=O) groups excluding carboxylic acids is 1. The molecule has 0 aliphatic carbocycles. The minimum atomic E-state index is -0.445. The maximum atomic E-state index is 12.3. The fourth-order valence-corrected chi connectivity index (χ4v) is 2.72. The smallest absolute Gasteiger partial charge is 0.326 e. The maximum absolute atomic E-state index is 12.3. The van der Waals surface area contributed by atoms with E-state index in [4.69, 9.17) is 4.74 Å². The summed E-state index contributed by atoms with van der Waals surface area (Å²) in [6.07, 6.45) is 2.76. The van der Waals surface area contributed by atoms with E-state index < -0.39 is 5.54 Å². The van der Waals surface area contributed by atoms with Gasteiger partial charge < -0.3 is 15.0 Å². The van der Waals surface area contributed by atoms with Gasteiger partial charge in [-0.05, 0) is 38.6 Å². The third kappa shape index (κ3) is 4.77. The number of likely N-dealkylation sites (tertiary alicyclic amines) is 1. The van der Waals surface area contributed by atoms with Gasteiger partial charge in [0.2, 0.25) is 0 Å². The first-order valence-electron chi connectivity index (χ1n) is 7.68. The van der Waals surface area contributed by atoms with E-state index >= 15 is 0 Å². The van der Waals surface area contributed by atoms with E-state index in [0.29, 0.717) is 12.5 Å². The van der Waals surface area contributed by atoms with Crippen LogP contribution in [0.4, 0.5) is 0 Å². The second-order valence-corrected chi connectivity index (χ2v) is 5.92. The van der Waals surface area contributed by atoms with Crippen LogP contribution in [0.1, 0.15) is 47.0 Å². The SMILES string of the molecule is CCCNC1(C(=O)OCC)CCN(CC(C)C)CC1. The molecule has 0 unspecified atom stereocenters. The number of rotatable bonds is 7.